The number of carbonyl (C=O) groups excluding carboxylic acids is 1. The zero-order chi connectivity index (χ0) is 20.2. The number of ether oxygens (including phenoxy) is 2. The molecular formula is C21H17N3O4S. The maximum atomic E-state index is 12.3. The van der Waals surface area contributed by atoms with Gasteiger partial charge in [0.2, 0.25) is 0 Å². The number of methoxy groups -OCH3 is 1. The molecule has 4 rings (SSSR count). The predicted octanol–water partition coefficient (Wildman–Crippen LogP) is 3.34. The number of fused-ring (bicyclic) bond motifs is 1. The molecule has 146 valence electrons. The maximum Gasteiger partial charge on any atom is 0.312 e. The molecule has 0 amide bonds. The van der Waals surface area contributed by atoms with Gasteiger partial charge in [0.1, 0.15) is 17.4 Å². The van der Waals surface area contributed by atoms with E-state index in [1.54, 1.807) is 31.4 Å². The Morgan fingerprint density at radius 2 is 1.86 bits per heavy atom. The van der Waals surface area contributed by atoms with Crippen molar-refractivity contribution in [2.45, 2.75) is 13.0 Å². The van der Waals surface area contributed by atoms with E-state index in [1.165, 1.54) is 11.3 Å². The highest BCUT2D eigenvalue weighted by Crippen LogP contribution is 2.26. The SMILES string of the molecule is COc1ccc(-c2nc(COC(=O)Cc3n[nH]c(=O)c4ccccc34)cs2)cc1. The number of aromatic amines is 1. The summed E-state index contributed by atoms with van der Waals surface area (Å²) in [5.74, 6) is 0.344. The van der Waals surface area contributed by atoms with Crippen LogP contribution in [0.15, 0.2) is 58.7 Å². The third kappa shape index (κ3) is 4.17. The van der Waals surface area contributed by atoms with E-state index in [9.17, 15) is 9.59 Å². The molecule has 0 unspecified atom stereocenters. The molecule has 0 aliphatic carbocycles. The van der Waals surface area contributed by atoms with Crippen LogP contribution in [0.5, 0.6) is 5.75 Å². The normalized spacial score (nSPS) is 10.8. The van der Waals surface area contributed by atoms with Crippen LogP contribution in [0.2, 0.25) is 0 Å². The minimum absolute atomic E-state index is 0.0350. The number of H-pyrrole nitrogens is 1. The Balaban J connectivity index is 1.41. The largest absolute Gasteiger partial charge is 0.497 e. The van der Waals surface area contributed by atoms with Crippen LogP contribution in [0.3, 0.4) is 0 Å². The van der Waals surface area contributed by atoms with Crippen LogP contribution < -0.4 is 10.3 Å². The minimum atomic E-state index is -0.436. The number of esters is 1. The number of carbonyl (C=O) groups is 1. The molecule has 8 heteroatoms. The molecule has 0 aliphatic heterocycles. The fourth-order valence-electron chi connectivity index (χ4n) is 2.89. The summed E-state index contributed by atoms with van der Waals surface area (Å²) in [7, 11) is 1.62. The molecule has 0 atom stereocenters. The number of thiazole rings is 1. The molecule has 0 spiro atoms. The quantitative estimate of drug-likeness (QED) is 0.493. The van der Waals surface area contributed by atoms with Gasteiger partial charge >= 0.3 is 5.97 Å². The Morgan fingerprint density at radius 3 is 2.62 bits per heavy atom. The number of aromatic nitrogens is 3. The molecule has 29 heavy (non-hydrogen) atoms. The lowest BCUT2D eigenvalue weighted by molar-refractivity contribution is -0.144. The third-order valence-electron chi connectivity index (χ3n) is 4.36. The van der Waals surface area contributed by atoms with Gasteiger partial charge in [0.05, 0.1) is 30.3 Å². The average Bonchev–Trinajstić information content (AvgIpc) is 3.24. The highest BCUT2D eigenvalue weighted by molar-refractivity contribution is 7.13. The van der Waals surface area contributed by atoms with Gasteiger partial charge in [-0.1, -0.05) is 18.2 Å². The lowest BCUT2D eigenvalue weighted by Crippen LogP contribution is -2.15. The Morgan fingerprint density at radius 1 is 1.10 bits per heavy atom. The van der Waals surface area contributed by atoms with Gasteiger partial charge in [-0.2, -0.15) is 5.10 Å². The summed E-state index contributed by atoms with van der Waals surface area (Å²) in [6.45, 7) is 0.0762. The molecule has 7 nitrogen and oxygen atoms in total. The summed E-state index contributed by atoms with van der Waals surface area (Å²) in [5, 5.41) is 10.3. The number of nitrogens with one attached hydrogen (secondary N) is 1. The van der Waals surface area contributed by atoms with Crippen LogP contribution in [0.4, 0.5) is 0 Å². The first kappa shape index (κ1) is 18.8. The Kier molecular flexibility index (Phi) is 5.35. The van der Waals surface area contributed by atoms with Crippen molar-refractivity contribution in [3.8, 4) is 16.3 Å². The molecule has 1 N–H and O–H groups in total. The topological polar surface area (TPSA) is 94.2 Å². The van der Waals surface area contributed by atoms with Gasteiger partial charge in [-0.05, 0) is 30.3 Å². The van der Waals surface area contributed by atoms with Crippen molar-refractivity contribution in [1.29, 1.82) is 0 Å². The molecule has 2 heterocycles. The third-order valence-corrected chi connectivity index (χ3v) is 5.30. The van der Waals surface area contributed by atoms with Crippen LogP contribution in [0.25, 0.3) is 21.3 Å². The second-order valence-electron chi connectivity index (χ2n) is 6.25. The van der Waals surface area contributed by atoms with E-state index >= 15 is 0 Å². The van der Waals surface area contributed by atoms with E-state index in [2.05, 4.69) is 15.2 Å². The fourth-order valence-corrected chi connectivity index (χ4v) is 3.70. The lowest BCUT2D eigenvalue weighted by atomic mass is 10.1. The second kappa shape index (κ2) is 8.24. The van der Waals surface area contributed by atoms with Gasteiger partial charge in [0.15, 0.2) is 0 Å². The molecule has 2 aromatic carbocycles. The predicted molar refractivity (Wildman–Crippen MR) is 110 cm³/mol. The smallest absolute Gasteiger partial charge is 0.312 e. The Hall–Kier alpha value is -3.52. The summed E-state index contributed by atoms with van der Waals surface area (Å²) in [5.41, 5.74) is 1.83. The molecule has 0 saturated carbocycles. The maximum absolute atomic E-state index is 12.3. The number of hydrogen-bond donors (Lipinski definition) is 1. The molecule has 0 aliphatic rings. The van der Waals surface area contributed by atoms with Crippen molar-refractivity contribution >= 4 is 28.1 Å². The van der Waals surface area contributed by atoms with E-state index in [4.69, 9.17) is 9.47 Å². The minimum Gasteiger partial charge on any atom is -0.497 e. The number of rotatable bonds is 6. The van der Waals surface area contributed by atoms with Crippen LogP contribution in [0, 0.1) is 0 Å². The first-order valence-corrected chi connectivity index (χ1v) is 9.73. The van der Waals surface area contributed by atoms with Gasteiger partial charge in [-0.25, -0.2) is 10.1 Å². The zero-order valence-electron chi connectivity index (χ0n) is 15.5. The molecule has 0 saturated heterocycles. The lowest BCUT2D eigenvalue weighted by Gasteiger charge is -2.05. The van der Waals surface area contributed by atoms with E-state index < -0.39 is 5.97 Å². The number of nitrogens with zero attached hydrogens (tertiary/aromatic N) is 2. The van der Waals surface area contributed by atoms with Crippen molar-refractivity contribution in [3.05, 3.63) is 75.7 Å². The van der Waals surface area contributed by atoms with Crippen LogP contribution in [-0.4, -0.2) is 28.3 Å². The van der Waals surface area contributed by atoms with Crippen LogP contribution in [-0.2, 0) is 22.6 Å². The van der Waals surface area contributed by atoms with Crippen molar-refractivity contribution in [3.63, 3.8) is 0 Å². The highest BCUT2D eigenvalue weighted by Gasteiger charge is 2.13. The highest BCUT2D eigenvalue weighted by atomic mass is 32.1. The Bertz CT molecular complexity index is 1210. The monoisotopic (exact) mass is 407 g/mol. The van der Waals surface area contributed by atoms with E-state index in [0.717, 1.165) is 16.3 Å². The van der Waals surface area contributed by atoms with Gasteiger partial charge in [0.25, 0.3) is 5.56 Å². The Labute approximate surface area is 170 Å². The van der Waals surface area contributed by atoms with Crippen LogP contribution >= 0.6 is 11.3 Å². The number of hydrogen-bond acceptors (Lipinski definition) is 7. The van der Waals surface area contributed by atoms with E-state index in [0.29, 0.717) is 22.2 Å². The molecule has 4 aromatic rings. The van der Waals surface area contributed by atoms with Crippen molar-refractivity contribution in [2.75, 3.05) is 7.11 Å². The summed E-state index contributed by atoms with van der Waals surface area (Å²) < 4.78 is 10.5. The van der Waals surface area contributed by atoms with Crippen molar-refractivity contribution in [1.82, 2.24) is 15.2 Å². The number of benzene rings is 2. The standard InChI is InChI=1S/C21H17N3O4S/c1-27-15-8-6-13(7-9-15)21-22-14(12-29-21)11-28-19(25)10-18-16-4-2-3-5-17(16)20(26)24-23-18/h2-9,12H,10-11H2,1H3,(H,24,26). The van der Waals surface area contributed by atoms with Gasteiger partial charge in [-0.3, -0.25) is 9.59 Å². The summed E-state index contributed by atoms with van der Waals surface area (Å²) >= 11 is 1.48. The second-order valence-corrected chi connectivity index (χ2v) is 7.11. The molecule has 0 fully saturated rings. The van der Waals surface area contributed by atoms with Crippen molar-refractivity contribution < 1.29 is 14.3 Å². The van der Waals surface area contributed by atoms with E-state index in [-0.39, 0.29) is 18.6 Å². The first-order valence-electron chi connectivity index (χ1n) is 8.85. The van der Waals surface area contributed by atoms with Gasteiger partial charge < -0.3 is 9.47 Å². The molecular weight excluding hydrogens is 390 g/mol. The van der Waals surface area contributed by atoms with E-state index in [1.807, 2.05) is 29.6 Å². The van der Waals surface area contributed by atoms with Gasteiger partial charge in [-0.15, -0.1) is 11.3 Å². The summed E-state index contributed by atoms with van der Waals surface area (Å²) in [6, 6.07) is 14.6. The molecule has 0 radical (unpaired) electrons. The first-order chi connectivity index (χ1) is 14.1. The molecule has 2 aromatic heterocycles. The average molecular weight is 407 g/mol. The molecule has 0 bridgehead atoms. The van der Waals surface area contributed by atoms with Crippen LogP contribution in [0.1, 0.15) is 11.4 Å². The summed E-state index contributed by atoms with van der Waals surface area (Å²) in [6.07, 6.45) is -0.0350. The van der Waals surface area contributed by atoms with Crippen molar-refractivity contribution in [2.24, 2.45) is 0 Å². The summed E-state index contributed by atoms with van der Waals surface area (Å²) in [4.78, 5) is 28.6. The fraction of sp³-hybridized carbons (Fsp3) is 0.143. The van der Waals surface area contributed by atoms with Gasteiger partial charge in [0, 0.05) is 16.3 Å². The zero-order valence-corrected chi connectivity index (χ0v) is 16.4.